The summed E-state index contributed by atoms with van der Waals surface area (Å²) in [5.41, 5.74) is 1.34. The first kappa shape index (κ1) is 11.3. The van der Waals surface area contributed by atoms with Gasteiger partial charge in [0.2, 0.25) is 0 Å². The predicted molar refractivity (Wildman–Crippen MR) is 64.9 cm³/mol. The molecule has 0 fully saturated rings. The van der Waals surface area contributed by atoms with Gasteiger partial charge in [0.15, 0.2) is 0 Å². The van der Waals surface area contributed by atoms with E-state index in [0.717, 1.165) is 0 Å². The van der Waals surface area contributed by atoms with Gasteiger partial charge in [-0.25, -0.2) is 4.40 Å². The lowest BCUT2D eigenvalue weighted by atomic mass is 9.91. The average Bonchev–Trinajstić information content (AvgIpc) is 2.14. The Balaban J connectivity index is 2.65. The number of nitrogens with zero attached hydrogens (tertiary/aromatic N) is 1. The molecule has 76 valence electrons. The highest BCUT2D eigenvalue weighted by Gasteiger charge is 2.13. The van der Waals surface area contributed by atoms with Crippen molar-refractivity contribution in [2.24, 2.45) is 9.81 Å². The summed E-state index contributed by atoms with van der Waals surface area (Å²) >= 11 is 1.54. The fraction of sp³-hybridized carbons (Fsp3) is 0.417. The number of rotatable bonds is 2. The van der Waals surface area contributed by atoms with E-state index in [1.807, 2.05) is 18.2 Å². The highest BCUT2D eigenvalue weighted by Crippen LogP contribution is 2.23. The second-order valence-corrected chi connectivity index (χ2v) is 5.17. The summed E-state index contributed by atoms with van der Waals surface area (Å²) in [4.78, 5) is 1.19. The maximum atomic E-state index is 4.50. The SMILES string of the molecule is C/C(=N\Sc1ccccc1)C(C)(C)C. The zero-order valence-electron chi connectivity index (χ0n) is 9.24. The molecule has 2 heteroatoms. The van der Waals surface area contributed by atoms with Crippen molar-refractivity contribution in [1.82, 2.24) is 0 Å². The zero-order chi connectivity index (χ0) is 10.6. The maximum absolute atomic E-state index is 4.50. The summed E-state index contributed by atoms with van der Waals surface area (Å²) in [6.07, 6.45) is 0. The normalized spacial score (nSPS) is 13.0. The highest BCUT2D eigenvalue weighted by molar-refractivity contribution is 7.98. The molecule has 14 heavy (non-hydrogen) atoms. The van der Waals surface area contributed by atoms with Crippen molar-refractivity contribution in [2.45, 2.75) is 32.6 Å². The molecular weight excluding hydrogens is 190 g/mol. The molecule has 0 radical (unpaired) electrons. The molecule has 0 bridgehead atoms. The Bertz CT molecular complexity index is 309. The summed E-state index contributed by atoms with van der Waals surface area (Å²) in [5.74, 6) is 0. The largest absolute Gasteiger partial charge is 0.220 e. The van der Waals surface area contributed by atoms with Gasteiger partial charge in [-0.1, -0.05) is 39.0 Å². The third kappa shape index (κ3) is 3.54. The van der Waals surface area contributed by atoms with Crippen LogP contribution in [0.4, 0.5) is 0 Å². The molecule has 0 aliphatic heterocycles. The maximum Gasteiger partial charge on any atom is 0.0305 e. The van der Waals surface area contributed by atoms with E-state index in [1.54, 1.807) is 11.9 Å². The van der Waals surface area contributed by atoms with Crippen molar-refractivity contribution >= 4 is 17.7 Å². The van der Waals surface area contributed by atoms with Crippen molar-refractivity contribution in [2.75, 3.05) is 0 Å². The van der Waals surface area contributed by atoms with E-state index >= 15 is 0 Å². The van der Waals surface area contributed by atoms with Crippen LogP contribution in [0.2, 0.25) is 0 Å². The fourth-order valence-corrected chi connectivity index (χ4v) is 1.53. The van der Waals surface area contributed by atoms with Crippen LogP contribution in [0.3, 0.4) is 0 Å². The van der Waals surface area contributed by atoms with Crippen molar-refractivity contribution in [1.29, 1.82) is 0 Å². The smallest absolute Gasteiger partial charge is 0.0305 e. The third-order valence-electron chi connectivity index (χ3n) is 2.12. The van der Waals surface area contributed by atoms with Gasteiger partial charge >= 0.3 is 0 Å². The summed E-state index contributed by atoms with van der Waals surface area (Å²) in [7, 11) is 0. The fourth-order valence-electron chi connectivity index (χ4n) is 0.739. The lowest BCUT2D eigenvalue weighted by Gasteiger charge is -2.17. The van der Waals surface area contributed by atoms with Gasteiger partial charge in [0, 0.05) is 28.0 Å². The van der Waals surface area contributed by atoms with Crippen LogP contribution in [0, 0.1) is 5.41 Å². The molecule has 0 saturated heterocycles. The topological polar surface area (TPSA) is 12.4 Å². The van der Waals surface area contributed by atoms with Gasteiger partial charge in [-0.05, 0) is 19.1 Å². The quantitative estimate of drug-likeness (QED) is 0.523. The Morgan fingerprint density at radius 3 is 2.21 bits per heavy atom. The highest BCUT2D eigenvalue weighted by atomic mass is 32.2. The Morgan fingerprint density at radius 2 is 1.71 bits per heavy atom. The number of benzene rings is 1. The van der Waals surface area contributed by atoms with E-state index in [0.29, 0.717) is 0 Å². The number of hydrogen-bond acceptors (Lipinski definition) is 2. The average molecular weight is 207 g/mol. The monoisotopic (exact) mass is 207 g/mol. The molecule has 0 atom stereocenters. The third-order valence-corrected chi connectivity index (χ3v) is 2.96. The summed E-state index contributed by atoms with van der Waals surface area (Å²) in [6, 6.07) is 10.2. The molecule has 1 nitrogen and oxygen atoms in total. The van der Waals surface area contributed by atoms with Crippen molar-refractivity contribution in [3.05, 3.63) is 30.3 Å². The van der Waals surface area contributed by atoms with Crippen molar-refractivity contribution < 1.29 is 0 Å². The first-order valence-electron chi connectivity index (χ1n) is 4.77. The van der Waals surface area contributed by atoms with Crippen LogP contribution in [-0.2, 0) is 0 Å². The molecule has 0 aliphatic rings. The summed E-state index contributed by atoms with van der Waals surface area (Å²) in [5, 5.41) is 0. The minimum absolute atomic E-state index is 0.168. The molecule has 0 amide bonds. The lowest BCUT2D eigenvalue weighted by Crippen LogP contribution is -2.15. The molecule has 0 saturated carbocycles. The van der Waals surface area contributed by atoms with E-state index in [2.05, 4.69) is 44.2 Å². The summed E-state index contributed by atoms with van der Waals surface area (Å²) < 4.78 is 4.50. The van der Waals surface area contributed by atoms with Crippen LogP contribution in [0.15, 0.2) is 39.6 Å². The molecule has 0 aromatic heterocycles. The number of hydrogen-bond donors (Lipinski definition) is 0. The molecule has 0 N–H and O–H groups in total. The van der Waals surface area contributed by atoms with E-state index in [9.17, 15) is 0 Å². The molecule has 1 aromatic rings. The van der Waals surface area contributed by atoms with Crippen LogP contribution < -0.4 is 0 Å². The molecular formula is C12H17NS. The lowest BCUT2D eigenvalue weighted by molar-refractivity contribution is 0.589. The van der Waals surface area contributed by atoms with Crippen LogP contribution in [0.5, 0.6) is 0 Å². The van der Waals surface area contributed by atoms with Crippen LogP contribution in [0.1, 0.15) is 27.7 Å². The predicted octanol–water partition coefficient (Wildman–Crippen LogP) is 4.20. The zero-order valence-corrected chi connectivity index (χ0v) is 10.1. The first-order valence-corrected chi connectivity index (χ1v) is 5.54. The standard InChI is InChI=1S/C12H17NS/c1-10(12(2,3)4)13-14-11-8-6-5-7-9-11/h5-9H,1-4H3/b13-10+. The molecule has 0 unspecified atom stereocenters. The van der Waals surface area contributed by atoms with E-state index in [-0.39, 0.29) is 5.41 Å². The van der Waals surface area contributed by atoms with E-state index in [4.69, 9.17) is 0 Å². The van der Waals surface area contributed by atoms with Gasteiger partial charge in [-0.2, -0.15) is 0 Å². The minimum Gasteiger partial charge on any atom is -0.220 e. The summed E-state index contributed by atoms with van der Waals surface area (Å²) in [6.45, 7) is 8.61. The van der Waals surface area contributed by atoms with Crippen molar-refractivity contribution in [3.8, 4) is 0 Å². The van der Waals surface area contributed by atoms with Gasteiger partial charge in [0.25, 0.3) is 0 Å². The minimum atomic E-state index is 0.168. The van der Waals surface area contributed by atoms with Gasteiger partial charge < -0.3 is 0 Å². The van der Waals surface area contributed by atoms with Crippen LogP contribution in [0.25, 0.3) is 0 Å². The molecule has 1 rings (SSSR count). The Hall–Kier alpha value is -0.760. The Kier molecular flexibility index (Phi) is 3.76. The van der Waals surface area contributed by atoms with Crippen molar-refractivity contribution in [3.63, 3.8) is 0 Å². The first-order chi connectivity index (χ1) is 6.50. The second-order valence-electron chi connectivity index (χ2n) is 4.33. The van der Waals surface area contributed by atoms with Crippen LogP contribution in [-0.4, -0.2) is 5.71 Å². The Labute approximate surface area is 90.8 Å². The molecule has 0 heterocycles. The second kappa shape index (κ2) is 4.65. The van der Waals surface area contributed by atoms with Gasteiger partial charge in [-0.3, -0.25) is 0 Å². The van der Waals surface area contributed by atoms with Gasteiger partial charge in [-0.15, -0.1) is 0 Å². The van der Waals surface area contributed by atoms with E-state index < -0.39 is 0 Å². The molecule has 0 spiro atoms. The van der Waals surface area contributed by atoms with Gasteiger partial charge in [0.1, 0.15) is 0 Å². The van der Waals surface area contributed by atoms with E-state index in [1.165, 1.54) is 10.6 Å². The molecule has 1 aromatic carbocycles. The van der Waals surface area contributed by atoms with Crippen LogP contribution >= 0.6 is 11.9 Å². The van der Waals surface area contributed by atoms with Gasteiger partial charge in [0.05, 0.1) is 0 Å². The molecule has 0 aliphatic carbocycles. The Morgan fingerprint density at radius 1 is 1.14 bits per heavy atom.